The first kappa shape index (κ1) is 12.3. The number of hydrogen-bond acceptors (Lipinski definition) is 3. The predicted molar refractivity (Wildman–Crippen MR) is 52.4 cm³/mol. The Labute approximate surface area is 89.2 Å². The van der Waals surface area contributed by atoms with Gasteiger partial charge in [0.15, 0.2) is 0 Å². The molecule has 4 nitrogen and oxygen atoms in total. The summed E-state index contributed by atoms with van der Waals surface area (Å²) in [5.74, 6) is 0. The average Bonchev–Trinajstić information content (AvgIpc) is 2.14. The lowest BCUT2D eigenvalue weighted by molar-refractivity contribution is -0.384. The van der Waals surface area contributed by atoms with Crippen LogP contribution in [0.4, 0.5) is 24.5 Å². The number of hydrogen-bond donors (Lipinski definition) is 1. The first-order valence-corrected chi connectivity index (χ1v) is 4.35. The Morgan fingerprint density at radius 3 is 2.56 bits per heavy atom. The fourth-order valence-electron chi connectivity index (χ4n) is 1.14. The summed E-state index contributed by atoms with van der Waals surface area (Å²) in [6.07, 6.45) is -4.40. The van der Waals surface area contributed by atoms with Gasteiger partial charge in [0.2, 0.25) is 0 Å². The van der Waals surface area contributed by atoms with Crippen LogP contribution in [-0.4, -0.2) is 17.6 Å². The van der Waals surface area contributed by atoms with Crippen molar-refractivity contribution in [3.05, 3.63) is 33.9 Å². The van der Waals surface area contributed by atoms with Crippen molar-refractivity contribution < 1.29 is 18.1 Å². The third-order valence-corrected chi connectivity index (χ3v) is 1.83. The number of nitro groups is 1. The molecule has 1 aromatic carbocycles. The summed E-state index contributed by atoms with van der Waals surface area (Å²) >= 11 is 0. The Hall–Kier alpha value is -1.79. The van der Waals surface area contributed by atoms with E-state index in [-0.39, 0.29) is 11.4 Å². The van der Waals surface area contributed by atoms with Crippen LogP contribution in [0.3, 0.4) is 0 Å². The van der Waals surface area contributed by atoms with Gasteiger partial charge in [-0.2, -0.15) is 13.2 Å². The molecule has 0 aliphatic rings. The van der Waals surface area contributed by atoms with E-state index in [1.54, 1.807) is 6.92 Å². The number of nitrogens with one attached hydrogen (secondary N) is 1. The van der Waals surface area contributed by atoms with Crippen molar-refractivity contribution in [3.63, 3.8) is 0 Å². The highest BCUT2D eigenvalue weighted by atomic mass is 19.4. The molecular weight excluding hydrogens is 225 g/mol. The topological polar surface area (TPSA) is 55.2 Å². The molecule has 0 aromatic heterocycles. The normalized spacial score (nSPS) is 11.2. The molecule has 1 aromatic rings. The fraction of sp³-hybridized carbons (Fsp3) is 0.333. The maximum atomic E-state index is 11.9. The zero-order valence-corrected chi connectivity index (χ0v) is 8.34. The number of benzene rings is 1. The van der Waals surface area contributed by atoms with E-state index < -0.39 is 17.6 Å². The highest BCUT2D eigenvalue weighted by Gasteiger charge is 2.28. The SMILES string of the molecule is Cc1ccc(NCC(F)(F)F)c([N+](=O)[O-])c1. The molecule has 0 spiro atoms. The number of nitro benzene ring substituents is 1. The molecule has 0 saturated heterocycles. The van der Waals surface area contributed by atoms with E-state index in [1.807, 2.05) is 5.32 Å². The molecule has 0 aliphatic heterocycles. The summed E-state index contributed by atoms with van der Waals surface area (Å²) < 4.78 is 35.8. The van der Waals surface area contributed by atoms with Gasteiger partial charge in [0.05, 0.1) is 4.92 Å². The first-order chi connectivity index (χ1) is 7.29. The Morgan fingerprint density at radius 2 is 2.06 bits per heavy atom. The standard InChI is InChI=1S/C9H9F3N2O2/c1-6-2-3-7(8(4-6)14(15)16)13-5-9(10,11)12/h2-4,13H,5H2,1H3. The molecule has 0 aliphatic carbocycles. The van der Waals surface area contributed by atoms with E-state index >= 15 is 0 Å². The number of aryl methyl sites for hydroxylation is 1. The summed E-state index contributed by atoms with van der Waals surface area (Å²) in [7, 11) is 0. The lowest BCUT2D eigenvalue weighted by atomic mass is 10.2. The molecule has 88 valence electrons. The second kappa shape index (κ2) is 4.38. The van der Waals surface area contributed by atoms with Crippen LogP contribution in [0.5, 0.6) is 0 Å². The number of rotatable bonds is 3. The minimum atomic E-state index is -4.40. The third-order valence-electron chi connectivity index (χ3n) is 1.83. The van der Waals surface area contributed by atoms with E-state index in [4.69, 9.17) is 0 Å². The Morgan fingerprint density at radius 1 is 1.44 bits per heavy atom. The molecule has 0 atom stereocenters. The summed E-state index contributed by atoms with van der Waals surface area (Å²) in [5.41, 5.74) is 0.126. The lowest BCUT2D eigenvalue weighted by Crippen LogP contribution is -2.21. The van der Waals surface area contributed by atoms with Gasteiger partial charge < -0.3 is 5.32 Å². The van der Waals surface area contributed by atoms with Crippen molar-refractivity contribution in [2.75, 3.05) is 11.9 Å². The highest BCUT2D eigenvalue weighted by molar-refractivity contribution is 5.62. The predicted octanol–water partition coefficient (Wildman–Crippen LogP) is 2.88. The number of halogens is 3. The minimum Gasteiger partial charge on any atom is -0.371 e. The van der Waals surface area contributed by atoms with Crippen molar-refractivity contribution in [1.82, 2.24) is 0 Å². The van der Waals surface area contributed by atoms with Crippen LogP contribution in [0.1, 0.15) is 5.56 Å². The first-order valence-electron chi connectivity index (χ1n) is 4.35. The number of alkyl halides is 3. The van der Waals surface area contributed by atoms with Crippen molar-refractivity contribution in [2.24, 2.45) is 0 Å². The molecule has 0 unspecified atom stereocenters. The van der Waals surface area contributed by atoms with Crippen molar-refractivity contribution in [1.29, 1.82) is 0 Å². The summed E-state index contributed by atoms with van der Waals surface area (Å²) in [4.78, 5) is 9.87. The second-order valence-corrected chi connectivity index (χ2v) is 3.25. The summed E-state index contributed by atoms with van der Waals surface area (Å²) in [5, 5.41) is 12.6. The van der Waals surface area contributed by atoms with Gasteiger partial charge in [-0.05, 0) is 18.6 Å². The monoisotopic (exact) mass is 234 g/mol. The number of anilines is 1. The smallest absolute Gasteiger partial charge is 0.371 e. The molecule has 16 heavy (non-hydrogen) atoms. The molecule has 0 heterocycles. The second-order valence-electron chi connectivity index (χ2n) is 3.25. The van der Waals surface area contributed by atoms with Gasteiger partial charge in [0.25, 0.3) is 5.69 Å². The van der Waals surface area contributed by atoms with Gasteiger partial charge in [0, 0.05) is 6.07 Å². The zero-order valence-electron chi connectivity index (χ0n) is 8.34. The van der Waals surface area contributed by atoms with Gasteiger partial charge in [-0.3, -0.25) is 10.1 Å². The fourth-order valence-corrected chi connectivity index (χ4v) is 1.14. The molecule has 0 bridgehead atoms. The van der Waals surface area contributed by atoms with E-state index in [2.05, 4.69) is 0 Å². The maximum absolute atomic E-state index is 11.9. The van der Waals surface area contributed by atoms with Crippen molar-refractivity contribution >= 4 is 11.4 Å². The van der Waals surface area contributed by atoms with Gasteiger partial charge >= 0.3 is 6.18 Å². The van der Waals surface area contributed by atoms with Gasteiger partial charge in [-0.25, -0.2) is 0 Å². The molecule has 7 heteroatoms. The molecule has 1 rings (SSSR count). The Kier molecular flexibility index (Phi) is 3.36. The largest absolute Gasteiger partial charge is 0.405 e. The van der Waals surface area contributed by atoms with Crippen LogP contribution in [0.15, 0.2) is 18.2 Å². The van der Waals surface area contributed by atoms with Crippen LogP contribution in [0.2, 0.25) is 0 Å². The van der Waals surface area contributed by atoms with Gasteiger partial charge in [-0.15, -0.1) is 0 Å². The summed E-state index contributed by atoms with van der Waals surface area (Å²) in [6.45, 7) is 0.331. The van der Waals surface area contributed by atoms with Gasteiger partial charge in [-0.1, -0.05) is 6.07 Å². The molecule has 0 saturated carbocycles. The zero-order chi connectivity index (χ0) is 12.3. The Balaban J connectivity index is 2.91. The minimum absolute atomic E-state index is 0.132. The van der Waals surface area contributed by atoms with Crippen molar-refractivity contribution in [2.45, 2.75) is 13.1 Å². The third kappa shape index (κ3) is 3.41. The molecule has 0 amide bonds. The molecule has 0 radical (unpaired) electrons. The van der Waals surface area contributed by atoms with Crippen LogP contribution in [-0.2, 0) is 0 Å². The molecule has 0 fully saturated rings. The molecular formula is C9H9F3N2O2. The quantitative estimate of drug-likeness (QED) is 0.646. The van der Waals surface area contributed by atoms with Crippen LogP contribution in [0, 0.1) is 17.0 Å². The summed E-state index contributed by atoms with van der Waals surface area (Å²) in [6, 6.07) is 3.99. The van der Waals surface area contributed by atoms with E-state index in [0.29, 0.717) is 5.56 Å². The Bertz CT molecular complexity index is 404. The van der Waals surface area contributed by atoms with Crippen LogP contribution < -0.4 is 5.32 Å². The van der Waals surface area contributed by atoms with E-state index in [9.17, 15) is 23.3 Å². The van der Waals surface area contributed by atoms with Crippen molar-refractivity contribution in [3.8, 4) is 0 Å². The molecule has 1 N–H and O–H groups in total. The van der Waals surface area contributed by atoms with Gasteiger partial charge in [0.1, 0.15) is 12.2 Å². The van der Waals surface area contributed by atoms with E-state index in [1.165, 1.54) is 18.2 Å². The highest BCUT2D eigenvalue weighted by Crippen LogP contribution is 2.26. The average molecular weight is 234 g/mol. The lowest BCUT2D eigenvalue weighted by Gasteiger charge is -2.09. The van der Waals surface area contributed by atoms with Crippen LogP contribution >= 0.6 is 0 Å². The number of nitrogens with zero attached hydrogens (tertiary/aromatic N) is 1. The van der Waals surface area contributed by atoms with E-state index in [0.717, 1.165) is 0 Å². The van der Waals surface area contributed by atoms with Crippen LogP contribution in [0.25, 0.3) is 0 Å². The maximum Gasteiger partial charge on any atom is 0.405 e.